The van der Waals surface area contributed by atoms with E-state index in [1.807, 2.05) is 64.1 Å². The van der Waals surface area contributed by atoms with E-state index in [0.717, 1.165) is 17.5 Å². The van der Waals surface area contributed by atoms with Crippen molar-refractivity contribution in [3.05, 3.63) is 178 Å². The first-order valence-corrected chi connectivity index (χ1v) is 28.4. The summed E-state index contributed by atoms with van der Waals surface area (Å²) >= 11 is 0. The lowest BCUT2D eigenvalue weighted by Gasteiger charge is -2.46. The summed E-state index contributed by atoms with van der Waals surface area (Å²) in [6.45, 7) is 17.5. The zero-order valence-electron chi connectivity index (χ0n) is 43.9. The van der Waals surface area contributed by atoms with Crippen LogP contribution in [-0.4, -0.2) is 62.2 Å². The van der Waals surface area contributed by atoms with Gasteiger partial charge in [-0.2, -0.15) is 0 Å². The summed E-state index contributed by atoms with van der Waals surface area (Å²) in [7, 11) is -7.55. The first-order chi connectivity index (χ1) is 35.2. The highest BCUT2D eigenvalue weighted by Crippen LogP contribution is 2.51. The van der Waals surface area contributed by atoms with Gasteiger partial charge in [-0.25, -0.2) is 9.59 Å². The highest BCUT2D eigenvalue weighted by molar-refractivity contribution is 7.94. The summed E-state index contributed by atoms with van der Waals surface area (Å²) in [5.74, 6) is 0.933. The molecule has 14 heteroatoms. The largest absolute Gasteiger partial charge is 0.489 e. The van der Waals surface area contributed by atoms with E-state index < -0.39 is 42.9 Å². The number of benzene rings is 6. The molecule has 6 aromatic carbocycles. The Morgan fingerprint density at radius 2 is 0.878 bits per heavy atom. The topological polar surface area (TPSA) is 163 Å². The smallest absolute Gasteiger partial charge is 0.407 e. The predicted molar refractivity (Wildman–Crippen MR) is 294 cm³/mol. The molecule has 1 fully saturated rings. The Morgan fingerprint density at radius 3 is 1.26 bits per heavy atom. The Labute approximate surface area is 435 Å². The molecule has 6 aromatic rings. The number of nitrogens with one attached hydrogen (secondary N) is 2. The molecular formula is C60H68N2O10P2. The van der Waals surface area contributed by atoms with Crippen LogP contribution in [0.4, 0.5) is 9.59 Å². The van der Waals surface area contributed by atoms with Gasteiger partial charge in [-0.3, -0.25) is 9.59 Å². The zero-order chi connectivity index (χ0) is 53.4. The lowest BCUT2D eigenvalue weighted by atomic mass is 9.62. The Kier molecular flexibility index (Phi) is 17.3. The highest BCUT2D eigenvalue weighted by Gasteiger charge is 2.43. The average Bonchev–Trinajstić information content (AvgIpc) is 3.37. The van der Waals surface area contributed by atoms with Crippen molar-refractivity contribution < 1.29 is 47.3 Å². The molecule has 12 nitrogen and oxygen atoms in total. The number of rotatable bonds is 19. The fourth-order valence-electron chi connectivity index (χ4n) is 11.0. The molecule has 74 heavy (non-hydrogen) atoms. The number of hydrogen-bond acceptors (Lipinski definition) is 10. The van der Waals surface area contributed by atoms with Gasteiger partial charge in [0.25, 0.3) is 0 Å². The van der Waals surface area contributed by atoms with Crippen LogP contribution >= 0.6 is 14.3 Å². The minimum atomic E-state index is -3.78. The molecule has 2 N–H and O–H groups in total. The van der Waals surface area contributed by atoms with E-state index in [4.69, 9.17) is 18.9 Å². The van der Waals surface area contributed by atoms with Crippen molar-refractivity contribution in [2.45, 2.75) is 87.6 Å². The summed E-state index contributed by atoms with van der Waals surface area (Å²) in [4.78, 5) is 55.4. The number of alkyl carbamates (subject to hydrolysis) is 2. The quantitative estimate of drug-likeness (QED) is 0.0589. The molecule has 0 bridgehead atoms. The molecule has 1 aliphatic rings. The van der Waals surface area contributed by atoms with E-state index in [1.165, 1.54) is 0 Å². The van der Waals surface area contributed by atoms with Gasteiger partial charge >= 0.3 is 12.2 Å². The zero-order valence-corrected chi connectivity index (χ0v) is 45.7. The van der Waals surface area contributed by atoms with Gasteiger partial charge in [0.15, 0.2) is 0 Å². The number of hydrogen-bond donors (Lipinski definition) is 2. The van der Waals surface area contributed by atoms with Gasteiger partial charge in [-0.15, -0.1) is 0 Å². The predicted octanol–water partition coefficient (Wildman–Crippen LogP) is 11.3. The summed E-state index contributed by atoms with van der Waals surface area (Å²) in [6, 6.07) is 38.8. The van der Waals surface area contributed by atoms with Gasteiger partial charge in [0, 0.05) is 56.1 Å². The maximum absolute atomic E-state index is 15.0. The number of carbonyl (C=O) groups excluding carboxylic acids is 4. The third-order valence-electron chi connectivity index (χ3n) is 13.8. The molecule has 0 heterocycles. The Balaban J connectivity index is 0.910. The van der Waals surface area contributed by atoms with Crippen LogP contribution in [0.2, 0.25) is 0 Å². The van der Waals surface area contributed by atoms with Crippen LogP contribution in [0.15, 0.2) is 133 Å². The molecule has 0 aliphatic heterocycles. The standard InChI is InChI=1S/C60H68N2O10P2/c1-40-34-42(3)53(44(5)51(40)55(63)73(67,47-22-14-10-15-23-47)48-24-16-11-17-25-48)69-30-32-71-57(65)61-39-60(9)37-46(36-59(7,8)38-60)62-58(66)72-33-31-70-54-43(4)35-41(2)52(45(54)6)56(64)74(68,49-26-18-12-19-27-49)50-28-20-13-21-29-50/h10-29,34-35,46H,30-33,36-39H2,1-9H3,(H,61,65)(H,62,66). The third kappa shape index (κ3) is 12.1. The summed E-state index contributed by atoms with van der Waals surface area (Å²) in [5, 5.41) is 7.76. The Hall–Kier alpha value is -6.74. The van der Waals surface area contributed by atoms with Gasteiger partial charge in [0.1, 0.15) is 37.9 Å². The summed E-state index contributed by atoms with van der Waals surface area (Å²) in [6.07, 6.45) is 0.854. The number of carbonyl (C=O) groups is 4. The molecule has 7 rings (SSSR count). The first-order valence-electron chi connectivity index (χ1n) is 25.0. The van der Waals surface area contributed by atoms with Crippen molar-refractivity contribution >= 4 is 58.7 Å². The minimum absolute atomic E-state index is 0.0158. The van der Waals surface area contributed by atoms with Crippen molar-refractivity contribution in [3.8, 4) is 11.5 Å². The van der Waals surface area contributed by atoms with Crippen LogP contribution < -0.4 is 41.3 Å². The minimum Gasteiger partial charge on any atom is -0.489 e. The molecule has 0 aromatic heterocycles. The fraction of sp³-hybridized carbons (Fsp3) is 0.333. The van der Waals surface area contributed by atoms with Crippen LogP contribution in [0.25, 0.3) is 0 Å². The van der Waals surface area contributed by atoms with E-state index in [-0.39, 0.29) is 37.9 Å². The maximum Gasteiger partial charge on any atom is 0.407 e. The van der Waals surface area contributed by atoms with E-state index in [2.05, 4.69) is 31.4 Å². The maximum atomic E-state index is 15.0. The van der Waals surface area contributed by atoms with E-state index in [9.17, 15) is 28.3 Å². The lowest BCUT2D eigenvalue weighted by molar-refractivity contribution is 0.0596. The number of ether oxygens (including phenoxy) is 4. The van der Waals surface area contributed by atoms with Gasteiger partial charge in [0.2, 0.25) is 25.3 Å². The summed E-state index contributed by atoms with van der Waals surface area (Å²) < 4.78 is 53.5. The van der Waals surface area contributed by atoms with E-state index in [0.29, 0.717) is 85.5 Å². The molecule has 0 saturated heterocycles. The van der Waals surface area contributed by atoms with Crippen LogP contribution in [0.3, 0.4) is 0 Å². The molecule has 1 saturated carbocycles. The van der Waals surface area contributed by atoms with Crippen LogP contribution in [0.1, 0.15) is 94.1 Å². The van der Waals surface area contributed by atoms with Crippen molar-refractivity contribution in [1.29, 1.82) is 0 Å². The highest BCUT2D eigenvalue weighted by atomic mass is 31.2. The average molecular weight is 1040 g/mol. The van der Waals surface area contributed by atoms with Crippen molar-refractivity contribution in [2.24, 2.45) is 10.8 Å². The molecule has 2 amide bonds. The van der Waals surface area contributed by atoms with Crippen molar-refractivity contribution in [3.63, 3.8) is 0 Å². The molecule has 388 valence electrons. The fourth-order valence-corrected chi connectivity index (χ4v) is 16.3. The SMILES string of the molecule is Cc1cc(C)c(C(=O)P(=O)(c2ccccc2)c2ccccc2)c(C)c1OCCOC(=O)NCC1(C)CC(NC(=O)OCCOc2c(C)cc(C)c(C(=O)P(=O)(c3ccccc3)c3ccccc3)c2C)CC(C)(C)C1. The molecule has 2 unspecified atom stereocenters. The lowest BCUT2D eigenvalue weighted by Crippen LogP contribution is -2.50. The second-order valence-corrected chi connectivity index (χ2v) is 25.9. The second kappa shape index (κ2) is 23.2. The number of aryl methyl sites for hydroxylation is 4. The molecule has 0 spiro atoms. The Morgan fingerprint density at radius 1 is 0.514 bits per heavy atom. The van der Waals surface area contributed by atoms with Crippen LogP contribution in [0, 0.1) is 52.4 Å². The normalized spacial score (nSPS) is 16.4. The monoisotopic (exact) mass is 1040 g/mol. The van der Waals surface area contributed by atoms with Crippen LogP contribution in [-0.2, 0) is 18.6 Å². The van der Waals surface area contributed by atoms with Crippen molar-refractivity contribution in [1.82, 2.24) is 10.6 Å². The van der Waals surface area contributed by atoms with Gasteiger partial charge in [0.05, 0.1) is 0 Å². The Bertz CT molecular complexity index is 3020. The molecule has 0 radical (unpaired) electrons. The van der Waals surface area contributed by atoms with Gasteiger partial charge in [-0.05, 0) is 93.9 Å². The summed E-state index contributed by atoms with van der Waals surface area (Å²) in [5.41, 5.74) is 3.24. The third-order valence-corrected chi connectivity index (χ3v) is 19.5. The second-order valence-electron chi connectivity index (χ2n) is 20.6. The molecule has 1 aliphatic carbocycles. The molecule has 2 atom stereocenters. The van der Waals surface area contributed by atoms with Crippen molar-refractivity contribution in [2.75, 3.05) is 33.0 Å². The molecular weight excluding hydrogens is 971 g/mol. The van der Waals surface area contributed by atoms with E-state index in [1.54, 1.807) is 111 Å². The van der Waals surface area contributed by atoms with E-state index >= 15 is 0 Å². The first kappa shape index (κ1) is 55.0. The van der Waals surface area contributed by atoms with Gasteiger partial charge < -0.3 is 38.7 Å². The van der Waals surface area contributed by atoms with Crippen LogP contribution in [0.5, 0.6) is 11.5 Å². The number of amides is 2. The van der Waals surface area contributed by atoms with Gasteiger partial charge in [-0.1, -0.05) is 154 Å².